The van der Waals surface area contributed by atoms with E-state index < -0.39 is 0 Å². The highest BCUT2D eigenvalue weighted by Gasteiger charge is 2.14. The molecule has 0 aliphatic rings. The zero-order valence-corrected chi connectivity index (χ0v) is 14.6. The molecule has 21 heavy (non-hydrogen) atoms. The zero-order valence-electron chi connectivity index (χ0n) is 13.0. The van der Waals surface area contributed by atoms with E-state index in [1.165, 1.54) is 22.3 Å². The standard InChI is InChI=1S/C18H22BrNO/c1-12-5-6-14(9-13(12)2)17(20-3)11-15-10-16(19)7-8-18(15)21-4/h5-10,17,20H,11H2,1-4H3. The van der Waals surface area contributed by atoms with E-state index in [2.05, 4.69) is 59.4 Å². The van der Waals surface area contributed by atoms with E-state index in [0.29, 0.717) is 0 Å². The van der Waals surface area contributed by atoms with Crippen molar-refractivity contribution in [3.63, 3.8) is 0 Å². The molecule has 0 aliphatic heterocycles. The first-order chi connectivity index (χ1) is 10.0. The van der Waals surface area contributed by atoms with Gasteiger partial charge in [0.15, 0.2) is 0 Å². The van der Waals surface area contributed by atoms with Gasteiger partial charge >= 0.3 is 0 Å². The highest BCUT2D eigenvalue weighted by Crippen LogP contribution is 2.28. The van der Waals surface area contributed by atoms with Crippen molar-refractivity contribution in [2.75, 3.05) is 14.2 Å². The molecule has 2 nitrogen and oxygen atoms in total. The van der Waals surface area contributed by atoms with Crippen LogP contribution >= 0.6 is 15.9 Å². The van der Waals surface area contributed by atoms with Crippen LogP contribution in [-0.4, -0.2) is 14.2 Å². The Labute approximate surface area is 135 Å². The highest BCUT2D eigenvalue weighted by atomic mass is 79.9. The van der Waals surface area contributed by atoms with Crippen molar-refractivity contribution in [1.82, 2.24) is 5.32 Å². The van der Waals surface area contributed by atoms with Crippen LogP contribution in [0.25, 0.3) is 0 Å². The Bertz CT molecular complexity index is 625. The molecule has 0 saturated heterocycles. The molecule has 0 fully saturated rings. The van der Waals surface area contributed by atoms with Crippen molar-refractivity contribution in [3.8, 4) is 5.75 Å². The number of rotatable bonds is 5. The van der Waals surface area contributed by atoms with Gasteiger partial charge in [-0.3, -0.25) is 0 Å². The lowest BCUT2D eigenvalue weighted by molar-refractivity contribution is 0.406. The molecular weight excluding hydrogens is 326 g/mol. The second kappa shape index (κ2) is 7.10. The van der Waals surface area contributed by atoms with E-state index in [1.54, 1.807) is 7.11 Å². The summed E-state index contributed by atoms with van der Waals surface area (Å²) in [4.78, 5) is 0. The summed E-state index contributed by atoms with van der Waals surface area (Å²) in [6.07, 6.45) is 0.890. The Balaban J connectivity index is 2.30. The van der Waals surface area contributed by atoms with Gasteiger partial charge in [0, 0.05) is 10.5 Å². The highest BCUT2D eigenvalue weighted by molar-refractivity contribution is 9.10. The van der Waals surface area contributed by atoms with Crippen molar-refractivity contribution in [3.05, 3.63) is 63.1 Å². The number of nitrogens with one attached hydrogen (secondary N) is 1. The quantitative estimate of drug-likeness (QED) is 0.854. The Morgan fingerprint density at radius 1 is 1.10 bits per heavy atom. The van der Waals surface area contributed by atoms with Gasteiger partial charge in [-0.05, 0) is 67.8 Å². The Morgan fingerprint density at radius 2 is 1.86 bits per heavy atom. The summed E-state index contributed by atoms with van der Waals surface area (Å²) < 4.78 is 6.55. The lowest BCUT2D eigenvalue weighted by atomic mass is 9.95. The van der Waals surface area contributed by atoms with Gasteiger partial charge in [-0.15, -0.1) is 0 Å². The van der Waals surface area contributed by atoms with Crippen molar-refractivity contribution < 1.29 is 4.74 Å². The van der Waals surface area contributed by atoms with Gasteiger partial charge in [0.05, 0.1) is 7.11 Å². The SMILES string of the molecule is CNC(Cc1cc(Br)ccc1OC)c1ccc(C)c(C)c1. The molecule has 0 spiro atoms. The summed E-state index contributed by atoms with van der Waals surface area (Å²) in [6.45, 7) is 4.30. The largest absolute Gasteiger partial charge is 0.496 e. The molecule has 2 rings (SSSR count). The molecule has 0 radical (unpaired) electrons. The molecule has 1 atom stereocenters. The van der Waals surface area contributed by atoms with E-state index in [1.807, 2.05) is 19.2 Å². The van der Waals surface area contributed by atoms with Crippen molar-refractivity contribution >= 4 is 15.9 Å². The van der Waals surface area contributed by atoms with Gasteiger partial charge in [0.25, 0.3) is 0 Å². The van der Waals surface area contributed by atoms with E-state index in [-0.39, 0.29) is 6.04 Å². The van der Waals surface area contributed by atoms with Crippen LogP contribution in [0.3, 0.4) is 0 Å². The Morgan fingerprint density at radius 3 is 2.48 bits per heavy atom. The van der Waals surface area contributed by atoms with Gasteiger partial charge in [-0.2, -0.15) is 0 Å². The van der Waals surface area contributed by atoms with Crippen LogP contribution in [0.1, 0.15) is 28.3 Å². The van der Waals surface area contributed by atoms with E-state index in [4.69, 9.17) is 4.74 Å². The molecule has 0 aliphatic carbocycles. The number of methoxy groups -OCH3 is 1. The minimum atomic E-state index is 0.271. The molecule has 3 heteroatoms. The Kier molecular flexibility index (Phi) is 5.43. The first-order valence-electron chi connectivity index (χ1n) is 7.12. The van der Waals surface area contributed by atoms with Crippen LogP contribution in [-0.2, 0) is 6.42 Å². The normalized spacial score (nSPS) is 12.2. The number of halogens is 1. The summed E-state index contributed by atoms with van der Waals surface area (Å²) in [5.74, 6) is 0.933. The first-order valence-corrected chi connectivity index (χ1v) is 7.91. The van der Waals surface area contributed by atoms with Gasteiger partial charge in [-0.1, -0.05) is 34.1 Å². The smallest absolute Gasteiger partial charge is 0.122 e. The predicted molar refractivity (Wildman–Crippen MR) is 92.1 cm³/mol. The summed E-state index contributed by atoms with van der Waals surface area (Å²) >= 11 is 3.54. The molecule has 112 valence electrons. The first kappa shape index (κ1) is 16.1. The summed E-state index contributed by atoms with van der Waals surface area (Å²) in [5.41, 5.74) is 5.16. The third kappa shape index (κ3) is 3.86. The fourth-order valence-electron chi connectivity index (χ4n) is 2.49. The molecule has 0 amide bonds. The third-order valence-corrected chi connectivity index (χ3v) is 4.44. The van der Waals surface area contributed by atoms with Crippen molar-refractivity contribution in [1.29, 1.82) is 0 Å². The van der Waals surface area contributed by atoms with Crippen LogP contribution in [0.2, 0.25) is 0 Å². The Hall–Kier alpha value is -1.32. The summed E-state index contributed by atoms with van der Waals surface area (Å²) in [7, 11) is 3.72. The summed E-state index contributed by atoms with van der Waals surface area (Å²) in [6, 6.07) is 13.1. The summed E-state index contributed by atoms with van der Waals surface area (Å²) in [5, 5.41) is 3.41. The molecular formula is C18H22BrNO. The van der Waals surface area contributed by atoms with Gasteiger partial charge in [-0.25, -0.2) is 0 Å². The topological polar surface area (TPSA) is 21.3 Å². The number of aryl methyl sites for hydroxylation is 2. The molecule has 2 aromatic carbocycles. The van der Waals surface area contributed by atoms with Gasteiger partial charge < -0.3 is 10.1 Å². The second-order valence-electron chi connectivity index (χ2n) is 5.35. The molecule has 1 unspecified atom stereocenters. The van der Waals surface area contributed by atoms with Crippen molar-refractivity contribution in [2.45, 2.75) is 26.3 Å². The molecule has 0 bridgehead atoms. The van der Waals surface area contributed by atoms with Crippen LogP contribution in [0.4, 0.5) is 0 Å². The van der Waals surface area contributed by atoms with Crippen LogP contribution < -0.4 is 10.1 Å². The third-order valence-electron chi connectivity index (χ3n) is 3.95. The average molecular weight is 348 g/mol. The molecule has 0 heterocycles. The van der Waals surface area contributed by atoms with Crippen LogP contribution in [0, 0.1) is 13.8 Å². The molecule has 0 aromatic heterocycles. The molecule has 0 saturated carbocycles. The number of hydrogen-bond acceptors (Lipinski definition) is 2. The van der Waals surface area contributed by atoms with Gasteiger partial charge in [0.1, 0.15) is 5.75 Å². The molecule has 2 aromatic rings. The number of benzene rings is 2. The predicted octanol–water partition coefficient (Wildman–Crippen LogP) is 4.58. The fraction of sp³-hybridized carbons (Fsp3) is 0.333. The number of ether oxygens (including phenoxy) is 1. The lowest BCUT2D eigenvalue weighted by Crippen LogP contribution is -2.19. The van der Waals surface area contributed by atoms with E-state index in [0.717, 1.165) is 16.6 Å². The maximum absolute atomic E-state index is 5.48. The maximum atomic E-state index is 5.48. The fourth-order valence-corrected chi connectivity index (χ4v) is 2.90. The van der Waals surface area contributed by atoms with Gasteiger partial charge in [0.2, 0.25) is 0 Å². The second-order valence-corrected chi connectivity index (χ2v) is 6.26. The van der Waals surface area contributed by atoms with E-state index >= 15 is 0 Å². The average Bonchev–Trinajstić information content (AvgIpc) is 2.48. The molecule has 1 N–H and O–H groups in total. The zero-order chi connectivity index (χ0) is 15.4. The van der Waals surface area contributed by atoms with E-state index in [9.17, 15) is 0 Å². The monoisotopic (exact) mass is 347 g/mol. The van der Waals surface area contributed by atoms with Crippen LogP contribution in [0.15, 0.2) is 40.9 Å². The van der Waals surface area contributed by atoms with Crippen molar-refractivity contribution in [2.24, 2.45) is 0 Å². The van der Waals surface area contributed by atoms with Crippen LogP contribution in [0.5, 0.6) is 5.75 Å². The minimum absolute atomic E-state index is 0.271. The minimum Gasteiger partial charge on any atom is -0.496 e. The number of likely N-dealkylation sites (N-methyl/N-ethyl adjacent to an activating group) is 1. The maximum Gasteiger partial charge on any atom is 0.122 e. The lowest BCUT2D eigenvalue weighted by Gasteiger charge is -2.19. The number of hydrogen-bond donors (Lipinski definition) is 1.